The Labute approximate surface area is 206 Å². The number of thiocarbonyl (C=S) groups is 1. The Balaban J connectivity index is 1.76. The second-order valence-corrected chi connectivity index (χ2v) is 10.3. The van der Waals surface area contributed by atoms with Gasteiger partial charge in [-0.25, -0.2) is 4.98 Å². The lowest BCUT2D eigenvalue weighted by Crippen LogP contribution is -2.27. The van der Waals surface area contributed by atoms with E-state index >= 15 is 0 Å². The number of nitrogens with one attached hydrogen (secondary N) is 1. The molecule has 3 aromatic rings. The number of aryl methyl sites for hydroxylation is 1. The van der Waals surface area contributed by atoms with Crippen LogP contribution in [0.1, 0.15) is 30.5 Å². The van der Waals surface area contributed by atoms with E-state index in [4.69, 9.17) is 28.8 Å². The fourth-order valence-electron chi connectivity index (χ4n) is 3.44. The Hall–Kier alpha value is -2.68. The van der Waals surface area contributed by atoms with Crippen molar-refractivity contribution in [3.63, 3.8) is 0 Å². The Morgan fingerprint density at radius 3 is 2.70 bits per heavy atom. The van der Waals surface area contributed by atoms with Gasteiger partial charge in [-0.15, -0.1) is 0 Å². The Morgan fingerprint density at radius 1 is 1.21 bits per heavy atom. The molecule has 1 aromatic carbocycles. The summed E-state index contributed by atoms with van der Waals surface area (Å²) in [6.45, 7) is 6.97. The van der Waals surface area contributed by atoms with Crippen LogP contribution in [0.4, 0.5) is 5.82 Å². The molecule has 2 aromatic heterocycles. The maximum atomic E-state index is 13.4. The van der Waals surface area contributed by atoms with E-state index in [9.17, 15) is 9.59 Å². The molecule has 0 saturated carbocycles. The minimum absolute atomic E-state index is 0.244. The van der Waals surface area contributed by atoms with Crippen molar-refractivity contribution >= 4 is 63.3 Å². The Morgan fingerprint density at radius 2 is 1.97 bits per heavy atom. The third-order valence-electron chi connectivity index (χ3n) is 5.20. The van der Waals surface area contributed by atoms with Crippen molar-refractivity contribution in [2.75, 3.05) is 11.9 Å². The lowest BCUT2D eigenvalue weighted by molar-refractivity contribution is -0.122. The topological polar surface area (TPSA) is 66.7 Å². The summed E-state index contributed by atoms with van der Waals surface area (Å²) in [5.74, 6) is 0.552. The van der Waals surface area contributed by atoms with E-state index in [0.717, 1.165) is 11.1 Å². The van der Waals surface area contributed by atoms with Gasteiger partial charge >= 0.3 is 0 Å². The molecule has 9 heteroatoms. The average Bonchev–Trinajstić information content (AvgIpc) is 3.04. The van der Waals surface area contributed by atoms with Gasteiger partial charge in [0.15, 0.2) is 0 Å². The van der Waals surface area contributed by atoms with Gasteiger partial charge in [0.05, 0.1) is 17.0 Å². The molecular weight excluding hydrogens is 476 g/mol. The summed E-state index contributed by atoms with van der Waals surface area (Å²) < 4.78 is 1.93. The molecule has 1 amide bonds. The van der Waals surface area contributed by atoms with Crippen LogP contribution in [0, 0.1) is 12.8 Å². The molecule has 1 N–H and O–H groups in total. The van der Waals surface area contributed by atoms with E-state index < -0.39 is 0 Å². The van der Waals surface area contributed by atoms with Gasteiger partial charge < -0.3 is 5.32 Å². The Kier molecular flexibility index (Phi) is 6.88. The molecule has 3 heterocycles. The standard InChI is InChI=1S/C24H23ClN4O2S2/c1-14(2)12-26-20-17(22(30)28-10-6-7-15(3)21(28)27-20)11-19-23(31)29(24(32)33-19)13-16-8-4-5-9-18(16)25/h4-11,14,26H,12-13H2,1-3H3/b19-11-. The zero-order chi connectivity index (χ0) is 23.7. The predicted octanol–water partition coefficient (Wildman–Crippen LogP) is 5.13. The van der Waals surface area contributed by atoms with Crippen molar-refractivity contribution in [3.8, 4) is 0 Å². The monoisotopic (exact) mass is 498 g/mol. The molecule has 0 unspecified atom stereocenters. The second-order valence-electron chi connectivity index (χ2n) is 8.20. The number of anilines is 1. The van der Waals surface area contributed by atoms with Crippen LogP contribution in [0.5, 0.6) is 0 Å². The summed E-state index contributed by atoms with van der Waals surface area (Å²) in [4.78, 5) is 33.2. The molecule has 0 spiro atoms. The quantitative estimate of drug-likeness (QED) is 0.375. The number of fused-ring (bicyclic) bond motifs is 1. The van der Waals surface area contributed by atoms with Crippen molar-refractivity contribution < 1.29 is 4.79 Å². The van der Waals surface area contributed by atoms with Crippen LogP contribution in [0.25, 0.3) is 11.7 Å². The number of amides is 1. The number of benzene rings is 1. The van der Waals surface area contributed by atoms with Crippen molar-refractivity contribution in [1.29, 1.82) is 0 Å². The third kappa shape index (κ3) is 4.83. The van der Waals surface area contributed by atoms with E-state index in [2.05, 4.69) is 19.2 Å². The molecule has 0 radical (unpaired) electrons. The van der Waals surface area contributed by atoms with E-state index in [0.29, 0.717) is 43.7 Å². The molecule has 0 atom stereocenters. The molecule has 1 fully saturated rings. The predicted molar refractivity (Wildman–Crippen MR) is 140 cm³/mol. The maximum Gasteiger partial charge on any atom is 0.267 e. The second kappa shape index (κ2) is 9.67. The van der Waals surface area contributed by atoms with E-state index in [-0.39, 0.29) is 18.0 Å². The van der Waals surface area contributed by atoms with Gasteiger partial charge in [0.1, 0.15) is 15.8 Å². The Bertz CT molecular complexity index is 1350. The zero-order valence-electron chi connectivity index (χ0n) is 18.5. The molecule has 4 rings (SSSR count). The van der Waals surface area contributed by atoms with Crippen LogP contribution in [-0.4, -0.2) is 31.1 Å². The molecule has 33 heavy (non-hydrogen) atoms. The highest BCUT2D eigenvalue weighted by Crippen LogP contribution is 2.35. The number of aromatic nitrogens is 2. The van der Waals surface area contributed by atoms with Gasteiger partial charge in [0.2, 0.25) is 0 Å². The van der Waals surface area contributed by atoms with Gasteiger partial charge in [0.25, 0.3) is 11.5 Å². The molecular formula is C24H23ClN4O2S2. The highest BCUT2D eigenvalue weighted by Gasteiger charge is 2.33. The zero-order valence-corrected chi connectivity index (χ0v) is 20.9. The maximum absolute atomic E-state index is 13.4. The molecule has 0 aliphatic carbocycles. The summed E-state index contributed by atoms with van der Waals surface area (Å²) in [6, 6.07) is 11.1. The molecule has 0 bridgehead atoms. The van der Waals surface area contributed by atoms with Gasteiger partial charge in [-0.2, -0.15) is 0 Å². The normalized spacial score (nSPS) is 15.3. The van der Waals surface area contributed by atoms with Crippen molar-refractivity contribution in [1.82, 2.24) is 14.3 Å². The van der Waals surface area contributed by atoms with Gasteiger partial charge in [-0.1, -0.05) is 73.7 Å². The third-order valence-corrected chi connectivity index (χ3v) is 6.94. The molecule has 170 valence electrons. The van der Waals surface area contributed by atoms with Crippen molar-refractivity contribution in [3.05, 3.63) is 79.6 Å². The van der Waals surface area contributed by atoms with Crippen LogP contribution < -0.4 is 10.9 Å². The first-order valence-electron chi connectivity index (χ1n) is 10.5. The molecule has 1 aliphatic heterocycles. The minimum Gasteiger partial charge on any atom is -0.369 e. The summed E-state index contributed by atoms with van der Waals surface area (Å²) in [7, 11) is 0. The average molecular weight is 499 g/mol. The number of rotatable bonds is 6. The smallest absolute Gasteiger partial charge is 0.267 e. The van der Waals surface area contributed by atoms with E-state index in [1.54, 1.807) is 24.4 Å². The van der Waals surface area contributed by atoms with E-state index in [1.165, 1.54) is 21.1 Å². The fourth-order valence-corrected chi connectivity index (χ4v) is 4.87. The van der Waals surface area contributed by atoms with Gasteiger partial charge in [0, 0.05) is 17.8 Å². The van der Waals surface area contributed by atoms with Gasteiger partial charge in [-0.3, -0.25) is 18.9 Å². The van der Waals surface area contributed by atoms with Crippen LogP contribution in [0.3, 0.4) is 0 Å². The number of pyridine rings is 1. The highest BCUT2D eigenvalue weighted by molar-refractivity contribution is 8.26. The van der Waals surface area contributed by atoms with Crippen LogP contribution in [-0.2, 0) is 11.3 Å². The largest absolute Gasteiger partial charge is 0.369 e. The summed E-state index contributed by atoms with van der Waals surface area (Å²) >= 11 is 12.9. The van der Waals surface area contributed by atoms with Crippen LogP contribution >= 0.6 is 35.6 Å². The number of hydrogen-bond donors (Lipinski definition) is 1. The first-order chi connectivity index (χ1) is 15.8. The minimum atomic E-state index is -0.256. The fraction of sp³-hybridized carbons (Fsp3) is 0.250. The lowest BCUT2D eigenvalue weighted by atomic mass is 10.2. The van der Waals surface area contributed by atoms with Crippen LogP contribution in [0.15, 0.2) is 52.3 Å². The number of nitrogens with zero attached hydrogens (tertiary/aromatic N) is 3. The molecule has 1 saturated heterocycles. The van der Waals surface area contributed by atoms with E-state index in [1.807, 2.05) is 31.2 Å². The molecule has 1 aliphatic rings. The summed E-state index contributed by atoms with van der Waals surface area (Å²) in [5, 5.41) is 3.85. The summed E-state index contributed by atoms with van der Waals surface area (Å²) in [5.41, 5.74) is 2.36. The molecule has 6 nitrogen and oxygen atoms in total. The number of carbonyl (C=O) groups is 1. The number of thioether (sulfide) groups is 1. The lowest BCUT2D eigenvalue weighted by Gasteiger charge is -2.15. The summed E-state index contributed by atoms with van der Waals surface area (Å²) in [6.07, 6.45) is 3.28. The number of halogens is 1. The highest BCUT2D eigenvalue weighted by atomic mass is 35.5. The number of hydrogen-bond acceptors (Lipinski definition) is 6. The first kappa shape index (κ1) is 23.5. The first-order valence-corrected chi connectivity index (χ1v) is 12.1. The number of carbonyl (C=O) groups excluding carboxylic acids is 1. The van der Waals surface area contributed by atoms with Gasteiger partial charge in [-0.05, 0) is 42.2 Å². The van der Waals surface area contributed by atoms with Crippen LogP contribution in [0.2, 0.25) is 5.02 Å². The SMILES string of the molecule is Cc1cccn2c(=O)c(/C=C3\SC(=S)N(Cc4ccccc4Cl)C3=O)c(NCC(C)C)nc12. The van der Waals surface area contributed by atoms with Crippen molar-refractivity contribution in [2.24, 2.45) is 5.92 Å². The van der Waals surface area contributed by atoms with Crippen molar-refractivity contribution in [2.45, 2.75) is 27.3 Å².